The molecule has 0 aliphatic heterocycles. The Kier molecular flexibility index (Phi) is 8.14. The molecule has 1 atom stereocenters. The lowest BCUT2D eigenvalue weighted by molar-refractivity contribution is 0.624. The summed E-state index contributed by atoms with van der Waals surface area (Å²) < 4.78 is 0. The van der Waals surface area contributed by atoms with Crippen LogP contribution in [0.4, 0.5) is 0 Å². The van der Waals surface area contributed by atoms with Crippen LogP contribution in [0.25, 0.3) is 0 Å². The van der Waals surface area contributed by atoms with Gasteiger partial charge in [0.05, 0.1) is 5.37 Å². The quantitative estimate of drug-likeness (QED) is 0.618. The molecule has 0 radical (unpaired) electrons. The van der Waals surface area contributed by atoms with Gasteiger partial charge >= 0.3 is 0 Å². The van der Waals surface area contributed by atoms with Gasteiger partial charge in [-0.1, -0.05) is 27.2 Å². The zero-order chi connectivity index (χ0) is 9.40. The van der Waals surface area contributed by atoms with Crippen LogP contribution in [-0.2, 0) is 0 Å². The predicted octanol–water partition coefficient (Wildman–Crippen LogP) is 3.11. The van der Waals surface area contributed by atoms with Crippen LogP contribution in [0.1, 0.15) is 40.0 Å². The van der Waals surface area contributed by atoms with Crippen LogP contribution in [0.15, 0.2) is 0 Å². The van der Waals surface area contributed by atoms with E-state index in [0.29, 0.717) is 5.37 Å². The minimum Gasteiger partial charge on any atom is -0.308 e. The molecule has 0 saturated carbocycles. The molecule has 0 heterocycles. The highest BCUT2D eigenvalue weighted by atomic mass is 32.2. The summed E-state index contributed by atoms with van der Waals surface area (Å²) in [5.41, 5.74) is 0. The first-order valence-corrected chi connectivity index (χ1v) is 6.04. The van der Waals surface area contributed by atoms with Gasteiger partial charge in [0.25, 0.3) is 0 Å². The Bertz CT molecular complexity index is 93.8. The minimum absolute atomic E-state index is 0.675. The molecule has 0 bridgehead atoms. The Morgan fingerprint density at radius 2 is 1.92 bits per heavy atom. The van der Waals surface area contributed by atoms with Crippen molar-refractivity contribution in [1.82, 2.24) is 5.32 Å². The molecule has 0 aromatic carbocycles. The zero-order valence-electron chi connectivity index (χ0n) is 8.89. The highest BCUT2D eigenvalue weighted by Crippen LogP contribution is 2.16. The monoisotopic (exact) mass is 189 g/mol. The lowest BCUT2D eigenvalue weighted by atomic mass is 10.2. The molecule has 0 aliphatic carbocycles. The molecule has 1 N–H and O–H groups in total. The van der Waals surface area contributed by atoms with E-state index in [9.17, 15) is 0 Å². The van der Waals surface area contributed by atoms with Gasteiger partial charge in [-0.15, -0.1) is 11.8 Å². The van der Waals surface area contributed by atoms with Crippen molar-refractivity contribution in [3.8, 4) is 0 Å². The summed E-state index contributed by atoms with van der Waals surface area (Å²) in [6, 6.07) is 0. The van der Waals surface area contributed by atoms with Gasteiger partial charge in [0.15, 0.2) is 0 Å². The number of hydrogen-bond acceptors (Lipinski definition) is 2. The molecular formula is C10H23NS. The van der Waals surface area contributed by atoms with Crippen LogP contribution in [-0.4, -0.2) is 18.2 Å². The van der Waals surface area contributed by atoms with Crippen molar-refractivity contribution in [3.63, 3.8) is 0 Å². The van der Waals surface area contributed by atoms with Gasteiger partial charge in [0, 0.05) is 0 Å². The van der Waals surface area contributed by atoms with E-state index >= 15 is 0 Å². The molecule has 0 amide bonds. The molecule has 0 aromatic rings. The second-order valence-corrected chi connectivity index (χ2v) is 4.93. The van der Waals surface area contributed by atoms with E-state index in [1.165, 1.54) is 25.0 Å². The second-order valence-electron chi connectivity index (χ2n) is 3.62. The van der Waals surface area contributed by atoms with Crippen LogP contribution in [0.2, 0.25) is 0 Å². The molecule has 0 fully saturated rings. The van der Waals surface area contributed by atoms with Gasteiger partial charge in [-0.05, 0) is 31.6 Å². The number of nitrogens with one attached hydrogen (secondary N) is 1. The van der Waals surface area contributed by atoms with E-state index in [2.05, 4.69) is 44.9 Å². The van der Waals surface area contributed by atoms with Crippen LogP contribution in [0.3, 0.4) is 0 Å². The highest BCUT2D eigenvalue weighted by molar-refractivity contribution is 7.99. The standard InChI is InChI=1S/C10H23NS/c1-5-6-10(11-4)12-8-7-9(2)3/h9-11H,5-8H2,1-4H3. The van der Waals surface area contributed by atoms with Gasteiger partial charge in [-0.2, -0.15) is 0 Å². The van der Waals surface area contributed by atoms with E-state index in [0.717, 1.165) is 5.92 Å². The molecule has 1 nitrogen and oxygen atoms in total. The average Bonchev–Trinajstić information content (AvgIpc) is 2.02. The lowest BCUT2D eigenvalue weighted by Crippen LogP contribution is -2.21. The van der Waals surface area contributed by atoms with E-state index in [1.807, 2.05) is 0 Å². The van der Waals surface area contributed by atoms with E-state index in [1.54, 1.807) is 0 Å². The summed E-state index contributed by atoms with van der Waals surface area (Å²) in [5, 5.41) is 4.01. The van der Waals surface area contributed by atoms with Gasteiger partial charge in [-0.25, -0.2) is 0 Å². The Hall–Kier alpha value is 0.310. The molecule has 0 saturated heterocycles. The maximum absolute atomic E-state index is 3.34. The van der Waals surface area contributed by atoms with Crippen molar-refractivity contribution in [2.75, 3.05) is 12.8 Å². The third-order valence-electron chi connectivity index (χ3n) is 1.89. The van der Waals surface area contributed by atoms with Crippen molar-refractivity contribution in [2.24, 2.45) is 5.92 Å². The summed E-state index contributed by atoms with van der Waals surface area (Å²) in [4.78, 5) is 0. The molecule has 2 heteroatoms. The van der Waals surface area contributed by atoms with Crippen LogP contribution >= 0.6 is 11.8 Å². The fourth-order valence-corrected chi connectivity index (χ4v) is 2.48. The second kappa shape index (κ2) is 7.93. The molecule has 0 aromatic heterocycles. The van der Waals surface area contributed by atoms with Gasteiger partial charge in [-0.3, -0.25) is 0 Å². The summed E-state index contributed by atoms with van der Waals surface area (Å²) >= 11 is 2.06. The molecule has 1 unspecified atom stereocenters. The summed E-state index contributed by atoms with van der Waals surface area (Å²) in [6.45, 7) is 6.82. The van der Waals surface area contributed by atoms with E-state index in [-0.39, 0.29) is 0 Å². The van der Waals surface area contributed by atoms with Crippen molar-refractivity contribution in [1.29, 1.82) is 0 Å². The predicted molar refractivity (Wildman–Crippen MR) is 59.7 cm³/mol. The fraction of sp³-hybridized carbons (Fsp3) is 1.00. The summed E-state index contributed by atoms with van der Waals surface area (Å²) in [7, 11) is 2.06. The number of hydrogen-bond donors (Lipinski definition) is 1. The van der Waals surface area contributed by atoms with Crippen LogP contribution in [0.5, 0.6) is 0 Å². The topological polar surface area (TPSA) is 12.0 Å². The molecule has 0 rings (SSSR count). The minimum atomic E-state index is 0.675. The first kappa shape index (κ1) is 12.3. The number of thioether (sulfide) groups is 1. The Balaban J connectivity index is 3.31. The Labute approximate surface area is 81.7 Å². The molecule has 0 spiro atoms. The Morgan fingerprint density at radius 3 is 2.33 bits per heavy atom. The highest BCUT2D eigenvalue weighted by Gasteiger charge is 2.04. The van der Waals surface area contributed by atoms with Gasteiger partial charge in [0.1, 0.15) is 0 Å². The maximum Gasteiger partial charge on any atom is 0.0529 e. The SMILES string of the molecule is CCCC(NC)SCCC(C)C. The fourth-order valence-electron chi connectivity index (χ4n) is 1.02. The molecule has 0 aliphatic rings. The van der Waals surface area contributed by atoms with Crippen molar-refractivity contribution in [3.05, 3.63) is 0 Å². The smallest absolute Gasteiger partial charge is 0.0529 e. The Morgan fingerprint density at radius 1 is 1.25 bits per heavy atom. The van der Waals surface area contributed by atoms with Gasteiger partial charge < -0.3 is 5.32 Å². The third kappa shape index (κ3) is 6.99. The zero-order valence-corrected chi connectivity index (χ0v) is 9.71. The first-order valence-electron chi connectivity index (χ1n) is 4.99. The average molecular weight is 189 g/mol. The normalized spacial score (nSPS) is 13.8. The lowest BCUT2D eigenvalue weighted by Gasteiger charge is -2.15. The third-order valence-corrected chi connectivity index (χ3v) is 3.23. The van der Waals surface area contributed by atoms with Gasteiger partial charge in [0.2, 0.25) is 0 Å². The van der Waals surface area contributed by atoms with E-state index < -0.39 is 0 Å². The van der Waals surface area contributed by atoms with Crippen molar-refractivity contribution < 1.29 is 0 Å². The van der Waals surface area contributed by atoms with Crippen molar-refractivity contribution >= 4 is 11.8 Å². The molecular weight excluding hydrogens is 166 g/mol. The summed E-state index contributed by atoms with van der Waals surface area (Å²) in [5.74, 6) is 2.14. The maximum atomic E-state index is 3.34. The largest absolute Gasteiger partial charge is 0.308 e. The van der Waals surface area contributed by atoms with Crippen molar-refractivity contribution in [2.45, 2.75) is 45.4 Å². The number of rotatable bonds is 7. The van der Waals surface area contributed by atoms with E-state index in [4.69, 9.17) is 0 Å². The first-order chi connectivity index (χ1) is 5.70. The molecule has 12 heavy (non-hydrogen) atoms. The summed E-state index contributed by atoms with van der Waals surface area (Å²) in [6.07, 6.45) is 3.91. The molecule has 74 valence electrons. The van der Waals surface area contributed by atoms with Crippen LogP contribution in [0, 0.1) is 5.92 Å². The van der Waals surface area contributed by atoms with Crippen LogP contribution < -0.4 is 5.32 Å².